The number of aliphatic hydroxyl groups is 1. The molecule has 4 nitrogen and oxygen atoms in total. The molecule has 0 aliphatic carbocycles. The van der Waals surface area contributed by atoms with Crippen LogP contribution in [0, 0.1) is 0 Å². The Morgan fingerprint density at radius 1 is 1.70 bits per heavy atom. The SMILES string of the molecule is COC(=O)[C@@H]([NH3+])[C@H](C)O.[Cl-]. The minimum absolute atomic E-state index is 0. The third kappa shape index (κ3) is 3.66. The fraction of sp³-hybridized carbons (Fsp3) is 0.800. The fourth-order valence-corrected chi connectivity index (χ4v) is 0.348. The molecule has 5 heteroatoms. The zero-order chi connectivity index (χ0) is 7.44. The lowest BCUT2D eigenvalue weighted by molar-refractivity contribution is -0.423. The van der Waals surface area contributed by atoms with Gasteiger partial charge in [0.1, 0.15) is 6.10 Å². The summed E-state index contributed by atoms with van der Waals surface area (Å²) in [6.45, 7) is 1.49. The second kappa shape index (κ2) is 5.46. The van der Waals surface area contributed by atoms with E-state index >= 15 is 0 Å². The van der Waals surface area contributed by atoms with E-state index in [1.807, 2.05) is 0 Å². The molecule has 0 unspecified atom stereocenters. The van der Waals surface area contributed by atoms with Crippen LogP contribution in [0.5, 0.6) is 0 Å². The van der Waals surface area contributed by atoms with Crippen molar-refractivity contribution >= 4 is 5.97 Å². The Hall–Kier alpha value is -0.320. The van der Waals surface area contributed by atoms with Gasteiger partial charge in [-0.15, -0.1) is 0 Å². The van der Waals surface area contributed by atoms with Crippen LogP contribution in [0.2, 0.25) is 0 Å². The normalized spacial score (nSPS) is 14.8. The van der Waals surface area contributed by atoms with E-state index in [1.54, 1.807) is 0 Å². The molecular weight excluding hydrogens is 158 g/mol. The first kappa shape index (κ1) is 12.4. The Morgan fingerprint density at radius 3 is 2.20 bits per heavy atom. The number of esters is 1. The second-order valence-electron chi connectivity index (χ2n) is 1.87. The van der Waals surface area contributed by atoms with Gasteiger partial charge in [-0.25, -0.2) is 4.79 Å². The number of quaternary nitrogens is 1. The van der Waals surface area contributed by atoms with Gasteiger partial charge in [-0.1, -0.05) is 0 Å². The van der Waals surface area contributed by atoms with Crippen molar-refractivity contribution in [3.8, 4) is 0 Å². The van der Waals surface area contributed by atoms with Crippen molar-refractivity contribution in [1.29, 1.82) is 0 Å². The van der Waals surface area contributed by atoms with Gasteiger partial charge in [0, 0.05) is 0 Å². The van der Waals surface area contributed by atoms with Gasteiger partial charge in [0.25, 0.3) is 0 Å². The van der Waals surface area contributed by atoms with E-state index in [9.17, 15) is 4.79 Å². The topological polar surface area (TPSA) is 74.2 Å². The first-order valence-electron chi connectivity index (χ1n) is 2.68. The zero-order valence-electron chi connectivity index (χ0n) is 6.00. The van der Waals surface area contributed by atoms with Crippen LogP contribution in [0.1, 0.15) is 6.92 Å². The standard InChI is InChI=1S/C5H11NO3.ClH/c1-3(7)4(6)5(8)9-2;/h3-4,7H,6H2,1-2H3;1H/t3-,4-;/m0./s1. The van der Waals surface area contributed by atoms with Crippen molar-refractivity contribution in [3.05, 3.63) is 0 Å². The molecule has 0 aromatic heterocycles. The highest BCUT2D eigenvalue weighted by molar-refractivity contribution is 5.74. The van der Waals surface area contributed by atoms with E-state index in [0.29, 0.717) is 0 Å². The van der Waals surface area contributed by atoms with Gasteiger partial charge in [0.05, 0.1) is 7.11 Å². The predicted molar refractivity (Wildman–Crippen MR) is 30.4 cm³/mol. The summed E-state index contributed by atoms with van der Waals surface area (Å²) in [6.07, 6.45) is -0.738. The number of carbonyl (C=O) groups excluding carboxylic acids is 1. The number of hydrogen-bond acceptors (Lipinski definition) is 3. The number of methoxy groups -OCH3 is 1. The van der Waals surface area contributed by atoms with E-state index in [-0.39, 0.29) is 12.4 Å². The molecule has 0 rings (SSSR count). The highest BCUT2D eigenvalue weighted by atomic mass is 35.5. The Kier molecular flexibility index (Phi) is 6.76. The molecule has 0 spiro atoms. The smallest absolute Gasteiger partial charge is 0.367 e. The molecular formula is C5H12ClNO3. The van der Waals surface area contributed by atoms with Gasteiger partial charge in [0.2, 0.25) is 6.04 Å². The van der Waals surface area contributed by atoms with Gasteiger partial charge < -0.3 is 28.0 Å². The Bertz CT molecular complexity index is 107. The van der Waals surface area contributed by atoms with Crippen molar-refractivity contribution in [2.24, 2.45) is 0 Å². The van der Waals surface area contributed by atoms with Crippen LogP contribution in [0.4, 0.5) is 0 Å². The third-order valence-electron chi connectivity index (χ3n) is 1.09. The highest BCUT2D eigenvalue weighted by Gasteiger charge is 2.22. The molecule has 0 saturated heterocycles. The molecule has 0 aromatic carbocycles. The lowest BCUT2D eigenvalue weighted by atomic mass is 10.2. The summed E-state index contributed by atoms with van der Waals surface area (Å²) in [5.41, 5.74) is 3.38. The van der Waals surface area contributed by atoms with Crippen LogP contribution in [-0.4, -0.2) is 30.3 Å². The molecule has 0 amide bonds. The Labute approximate surface area is 65.8 Å². The maximum Gasteiger partial charge on any atom is 0.367 e. The second-order valence-corrected chi connectivity index (χ2v) is 1.87. The quantitative estimate of drug-likeness (QED) is 0.408. The minimum Gasteiger partial charge on any atom is -1.00 e. The maximum absolute atomic E-state index is 10.5. The lowest BCUT2D eigenvalue weighted by Gasteiger charge is -2.07. The summed E-state index contributed by atoms with van der Waals surface area (Å²) < 4.78 is 4.31. The number of aliphatic hydroxyl groups excluding tert-OH is 1. The van der Waals surface area contributed by atoms with Crippen molar-refractivity contribution in [1.82, 2.24) is 0 Å². The number of rotatable bonds is 2. The minimum atomic E-state index is -0.738. The number of carbonyl (C=O) groups is 1. The molecule has 0 aliphatic rings. The van der Waals surface area contributed by atoms with E-state index in [1.165, 1.54) is 14.0 Å². The lowest BCUT2D eigenvalue weighted by Crippen LogP contribution is -3.00. The Morgan fingerprint density at radius 2 is 2.10 bits per heavy atom. The van der Waals surface area contributed by atoms with Crippen molar-refractivity contribution < 1.29 is 32.8 Å². The van der Waals surface area contributed by atoms with E-state index in [4.69, 9.17) is 5.11 Å². The molecule has 0 aliphatic heterocycles. The summed E-state index contributed by atoms with van der Waals surface area (Å²) in [4.78, 5) is 10.5. The summed E-state index contributed by atoms with van der Waals surface area (Å²) in [7, 11) is 1.27. The summed E-state index contributed by atoms with van der Waals surface area (Å²) >= 11 is 0. The van der Waals surface area contributed by atoms with E-state index < -0.39 is 18.1 Å². The summed E-state index contributed by atoms with van der Waals surface area (Å²) in [5, 5.41) is 8.76. The molecule has 0 bridgehead atoms. The third-order valence-corrected chi connectivity index (χ3v) is 1.09. The van der Waals surface area contributed by atoms with Gasteiger partial charge in [-0.2, -0.15) is 0 Å². The monoisotopic (exact) mass is 169 g/mol. The van der Waals surface area contributed by atoms with Crippen LogP contribution in [0.25, 0.3) is 0 Å². The van der Waals surface area contributed by atoms with Crippen LogP contribution in [0.15, 0.2) is 0 Å². The predicted octanol–water partition coefficient (Wildman–Crippen LogP) is -4.85. The van der Waals surface area contributed by atoms with Crippen molar-refractivity contribution in [3.63, 3.8) is 0 Å². The van der Waals surface area contributed by atoms with Crippen LogP contribution in [0.3, 0.4) is 0 Å². The largest absolute Gasteiger partial charge is 1.00 e. The van der Waals surface area contributed by atoms with Gasteiger partial charge in [-0.3, -0.25) is 0 Å². The molecule has 0 fully saturated rings. The average Bonchev–Trinajstić information content (AvgIpc) is 1.84. The molecule has 0 radical (unpaired) electrons. The van der Waals surface area contributed by atoms with E-state index in [2.05, 4.69) is 10.5 Å². The number of halogens is 1. The van der Waals surface area contributed by atoms with Crippen LogP contribution in [-0.2, 0) is 9.53 Å². The fourth-order valence-electron chi connectivity index (χ4n) is 0.348. The van der Waals surface area contributed by atoms with E-state index in [0.717, 1.165) is 0 Å². The molecule has 0 heterocycles. The zero-order valence-corrected chi connectivity index (χ0v) is 6.76. The van der Waals surface area contributed by atoms with Crippen molar-refractivity contribution in [2.45, 2.75) is 19.1 Å². The first-order valence-corrected chi connectivity index (χ1v) is 2.68. The highest BCUT2D eigenvalue weighted by Crippen LogP contribution is 1.87. The van der Waals surface area contributed by atoms with Crippen molar-refractivity contribution in [2.75, 3.05) is 7.11 Å². The summed E-state index contributed by atoms with van der Waals surface area (Å²) in [6, 6.07) is -0.671. The number of ether oxygens (including phenoxy) is 1. The van der Waals surface area contributed by atoms with Gasteiger partial charge >= 0.3 is 5.97 Å². The molecule has 10 heavy (non-hydrogen) atoms. The average molecular weight is 170 g/mol. The first-order chi connectivity index (χ1) is 4.09. The van der Waals surface area contributed by atoms with Crippen LogP contribution < -0.4 is 18.1 Å². The summed E-state index contributed by atoms with van der Waals surface area (Å²) in [5.74, 6) is -0.481. The van der Waals surface area contributed by atoms with Crippen LogP contribution >= 0.6 is 0 Å². The molecule has 2 atom stereocenters. The molecule has 0 saturated carbocycles. The van der Waals surface area contributed by atoms with Gasteiger partial charge in [-0.05, 0) is 6.92 Å². The maximum atomic E-state index is 10.5. The van der Waals surface area contributed by atoms with Gasteiger partial charge in [0.15, 0.2) is 0 Å². The molecule has 4 N–H and O–H groups in total. The molecule has 0 aromatic rings. The molecule has 62 valence electrons. The Balaban J connectivity index is 0. The number of hydrogen-bond donors (Lipinski definition) is 2.